The van der Waals surface area contributed by atoms with Gasteiger partial charge in [-0.2, -0.15) is 0 Å². The maximum absolute atomic E-state index is 11.1. The first-order valence-electron chi connectivity index (χ1n) is 5.85. The number of hydrogen-bond acceptors (Lipinski definition) is 3. The zero-order valence-corrected chi connectivity index (χ0v) is 10.0. The number of carbonyl (C=O) groups is 1. The maximum atomic E-state index is 11.1. The SMILES string of the molecule is CCC(C)(C=O)CN1CCn2ccnc2C1. The Morgan fingerprint density at radius 3 is 3.06 bits per heavy atom. The van der Waals surface area contributed by atoms with Crippen LogP contribution < -0.4 is 0 Å². The summed E-state index contributed by atoms with van der Waals surface area (Å²) >= 11 is 0. The van der Waals surface area contributed by atoms with Crippen molar-refractivity contribution < 1.29 is 4.79 Å². The van der Waals surface area contributed by atoms with Gasteiger partial charge in [0.25, 0.3) is 0 Å². The van der Waals surface area contributed by atoms with Crippen LogP contribution in [-0.2, 0) is 17.9 Å². The third kappa shape index (κ3) is 2.16. The van der Waals surface area contributed by atoms with Gasteiger partial charge in [-0.05, 0) is 6.42 Å². The Morgan fingerprint density at radius 1 is 1.56 bits per heavy atom. The molecule has 0 saturated heterocycles. The van der Waals surface area contributed by atoms with Crippen LogP contribution in [0.5, 0.6) is 0 Å². The minimum absolute atomic E-state index is 0.214. The van der Waals surface area contributed by atoms with Crippen molar-refractivity contribution in [3.8, 4) is 0 Å². The van der Waals surface area contributed by atoms with E-state index in [-0.39, 0.29) is 5.41 Å². The molecule has 0 aromatic carbocycles. The number of aldehydes is 1. The summed E-state index contributed by atoms with van der Waals surface area (Å²) in [5.74, 6) is 1.11. The van der Waals surface area contributed by atoms with Gasteiger partial charge in [0, 0.05) is 37.4 Å². The molecule has 0 amide bonds. The first kappa shape index (κ1) is 11.3. The lowest BCUT2D eigenvalue weighted by atomic mass is 9.89. The Balaban J connectivity index is 2.01. The molecule has 4 nitrogen and oxygen atoms in total. The van der Waals surface area contributed by atoms with Crippen LogP contribution in [-0.4, -0.2) is 33.8 Å². The number of carbonyl (C=O) groups excluding carboxylic acids is 1. The van der Waals surface area contributed by atoms with E-state index in [2.05, 4.69) is 21.4 Å². The maximum Gasteiger partial charge on any atom is 0.127 e. The topological polar surface area (TPSA) is 38.1 Å². The van der Waals surface area contributed by atoms with Gasteiger partial charge in [0.2, 0.25) is 0 Å². The second-order valence-corrected chi connectivity index (χ2v) is 4.87. The molecule has 88 valence electrons. The molecule has 0 saturated carbocycles. The molecule has 0 N–H and O–H groups in total. The van der Waals surface area contributed by atoms with Crippen LogP contribution >= 0.6 is 0 Å². The van der Waals surface area contributed by atoms with Crippen molar-refractivity contribution in [2.75, 3.05) is 13.1 Å². The summed E-state index contributed by atoms with van der Waals surface area (Å²) in [6, 6.07) is 0. The molecule has 0 fully saturated rings. The second-order valence-electron chi connectivity index (χ2n) is 4.87. The third-order valence-corrected chi connectivity index (χ3v) is 3.50. The fraction of sp³-hybridized carbons (Fsp3) is 0.667. The lowest BCUT2D eigenvalue weighted by Gasteiger charge is -2.33. The van der Waals surface area contributed by atoms with E-state index >= 15 is 0 Å². The van der Waals surface area contributed by atoms with Gasteiger partial charge in [-0.3, -0.25) is 4.90 Å². The number of rotatable bonds is 4. The number of nitrogens with zero attached hydrogens (tertiary/aromatic N) is 3. The summed E-state index contributed by atoms with van der Waals surface area (Å²) in [4.78, 5) is 17.7. The highest BCUT2D eigenvalue weighted by atomic mass is 16.1. The van der Waals surface area contributed by atoms with E-state index in [9.17, 15) is 4.79 Å². The third-order valence-electron chi connectivity index (χ3n) is 3.50. The Kier molecular flexibility index (Phi) is 3.10. The predicted molar refractivity (Wildman–Crippen MR) is 62.0 cm³/mol. The highest BCUT2D eigenvalue weighted by Crippen LogP contribution is 2.22. The molecule has 0 spiro atoms. The summed E-state index contributed by atoms with van der Waals surface area (Å²) in [5, 5.41) is 0. The average Bonchev–Trinajstić information content (AvgIpc) is 2.76. The quantitative estimate of drug-likeness (QED) is 0.720. The van der Waals surface area contributed by atoms with Crippen molar-refractivity contribution in [1.82, 2.24) is 14.5 Å². The fourth-order valence-electron chi connectivity index (χ4n) is 2.10. The molecule has 0 bridgehead atoms. The Hall–Kier alpha value is -1.16. The summed E-state index contributed by atoms with van der Waals surface area (Å²) in [7, 11) is 0. The lowest BCUT2D eigenvalue weighted by molar-refractivity contribution is -0.116. The minimum atomic E-state index is -0.214. The van der Waals surface area contributed by atoms with E-state index in [0.717, 1.165) is 44.7 Å². The summed E-state index contributed by atoms with van der Waals surface area (Å²) < 4.78 is 2.18. The van der Waals surface area contributed by atoms with Gasteiger partial charge in [-0.1, -0.05) is 13.8 Å². The number of imidazole rings is 1. The van der Waals surface area contributed by atoms with E-state index in [1.807, 2.05) is 19.3 Å². The van der Waals surface area contributed by atoms with Gasteiger partial charge in [0.1, 0.15) is 12.1 Å². The molecule has 1 aliphatic rings. The first-order chi connectivity index (χ1) is 7.67. The van der Waals surface area contributed by atoms with Crippen LogP contribution in [0.4, 0.5) is 0 Å². The van der Waals surface area contributed by atoms with Crippen molar-refractivity contribution in [3.63, 3.8) is 0 Å². The molecule has 1 aliphatic heterocycles. The van der Waals surface area contributed by atoms with Crippen LogP contribution in [0.2, 0.25) is 0 Å². The van der Waals surface area contributed by atoms with Crippen LogP contribution in [0.15, 0.2) is 12.4 Å². The molecule has 0 radical (unpaired) electrons. The molecule has 1 unspecified atom stereocenters. The van der Waals surface area contributed by atoms with Gasteiger partial charge in [0.05, 0.1) is 6.54 Å². The molecular formula is C12H19N3O. The Labute approximate surface area is 96.3 Å². The standard InChI is InChI=1S/C12H19N3O/c1-3-12(2,10-16)9-14-6-7-15-5-4-13-11(15)8-14/h4-5,10H,3,6-9H2,1-2H3. The van der Waals surface area contributed by atoms with Crippen LogP contribution in [0.3, 0.4) is 0 Å². The normalized spacial score (nSPS) is 20.1. The smallest absolute Gasteiger partial charge is 0.127 e. The van der Waals surface area contributed by atoms with Gasteiger partial charge in [-0.15, -0.1) is 0 Å². The first-order valence-corrected chi connectivity index (χ1v) is 5.85. The highest BCUT2D eigenvalue weighted by Gasteiger charge is 2.27. The monoisotopic (exact) mass is 221 g/mol. The van der Waals surface area contributed by atoms with Gasteiger partial charge in [0.15, 0.2) is 0 Å². The van der Waals surface area contributed by atoms with Gasteiger partial charge >= 0.3 is 0 Å². The second kappa shape index (κ2) is 4.37. The molecule has 2 heterocycles. The molecule has 1 aromatic rings. The lowest BCUT2D eigenvalue weighted by Crippen LogP contribution is -2.41. The summed E-state index contributed by atoms with van der Waals surface area (Å²) in [6.45, 7) is 7.78. The molecular weight excluding hydrogens is 202 g/mol. The molecule has 2 rings (SSSR count). The fourth-order valence-corrected chi connectivity index (χ4v) is 2.10. The minimum Gasteiger partial charge on any atom is -0.333 e. The molecule has 1 aromatic heterocycles. The Morgan fingerprint density at radius 2 is 2.38 bits per heavy atom. The molecule has 1 atom stereocenters. The van der Waals surface area contributed by atoms with Crippen molar-refractivity contribution >= 4 is 6.29 Å². The van der Waals surface area contributed by atoms with E-state index < -0.39 is 0 Å². The Bertz CT molecular complexity index is 374. The zero-order chi connectivity index (χ0) is 11.6. The highest BCUT2D eigenvalue weighted by molar-refractivity contribution is 5.58. The number of hydrogen-bond donors (Lipinski definition) is 0. The van der Waals surface area contributed by atoms with Crippen LogP contribution in [0.1, 0.15) is 26.1 Å². The molecule has 4 heteroatoms. The van der Waals surface area contributed by atoms with Crippen molar-refractivity contribution in [1.29, 1.82) is 0 Å². The van der Waals surface area contributed by atoms with E-state index in [4.69, 9.17) is 0 Å². The number of aromatic nitrogens is 2. The van der Waals surface area contributed by atoms with E-state index in [1.165, 1.54) is 0 Å². The van der Waals surface area contributed by atoms with Crippen molar-refractivity contribution in [3.05, 3.63) is 18.2 Å². The summed E-state index contributed by atoms with van der Waals surface area (Å²) in [5.41, 5.74) is -0.214. The van der Waals surface area contributed by atoms with Crippen molar-refractivity contribution in [2.45, 2.75) is 33.4 Å². The van der Waals surface area contributed by atoms with Gasteiger partial charge in [-0.25, -0.2) is 4.98 Å². The van der Waals surface area contributed by atoms with Crippen molar-refractivity contribution in [2.24, 2.45) is 5.41 Å². The zero-order valence-electron chi connectivity index (χ0n) is 10.0. The van der Waals surface area contributed by atoms with E-state index in [1.54, 1.807) is 0 Å². The van der Waals surface area contributed by atoms with Crippen LogP contribution in [0, 0.1) is 5.41 Å². The largest absolute Gasteiger partial charge is 0.333 e. The average molecular weight is 221 g/mol. The summed E-state index contributed by atoms with van der Waals surface area (Å²) in [6.07, 6.45) is 5.85. The number of fused-ring (bicyclic) bond motifs is 1. The van der Waals surface area contributed by atoms with E-state index in [0.29, 0.717) is 0 Å². The van der Waals surface area contributed by atoms with Gasteiger partial charge < -0.3 is 9.36 Å². The predicted octanol–water partition coefficient (Wildman–Crippen LogP) is 1.31. The van der Waals surface area contributed by atoms with Crippen LogP contribution in [0.25, 0.3) is 0 Å². The molecule has 16 heavy (non-hydrogen) atoms. The molecule has 0 aliphatic carbocycles.